The summed E-state index contributed by atoms with van der Waals surface area (Å²) in [5.74, 6) is 0.520. The smallest absolute Gasteiger partial charge is 0.236 e. The molecule has 140 valence electrons. The number of carbonyl (C=O) groups is 1. The van der Waals surface area contributed by atoms with E-state index >= 15 is 0 Å². The molecule has 1 amide bonds. The van der Waals surface area contributed by atoms with Gasteiger partial charge in [0.15, 0.2) is 5.13 Å². The fourth-order valence-corrected chi connectivity index (χ4v) is 5.00. The van der Waals surface area contributed by atoms with Gasteiger partial charge >= 0.3 is 0 Å². The summed E-state index contributed by atoms with van der Waals surface area (Å²) in [5, 5.41) is 4.48. The molecule has 5 heteroatoms. The summed E-state index contributed by atoms with van der Waals surface area (Å²) >= 11 is 7.59. The summed E-state index contributed by atoms with van der Waals surface area (Å²) in [4.78, 5) is 17.9. The molecule has 1 N–H and O–H groups in total. The van der Waals surface area contributed by atoms with Crippen LogP contribution in [0.1, 0.15) is 56.6 Å². The van der Waals surface area contributed by atoms with Crippen LogP contribution >= 0.6 is 22.9 Å². The van der Waals surface area contributed by atoms with Crippen molar-refractivity contribution in [2.24, 2.45) is 0 Å². The molecular weight excluding hydrogens is 376 g/mol. The number of hydrogen-bond acceptors (Lipinski definition) is 3. The zero-order chi connectivity index (χ0) is 19.0. The van der Waals surface area contributed by atoms with Gasteiger partial charge in [0, 0.05) is 5.02 Å². The SMILES string of the molecule is CC(C)c1ccc2nc(NC(=O)C3(c4ccc(Cl)cc4)CCCC3)sc2c1. The van der Waals surface area contributed by atoms with E-state index in [4.69, 9.17) is 11.6 Å². The van der Waals surface area contributed by atoms with Gasteiger partial charge in [-0.25, -0.2) is 4.98 Å². The highest BCUT2D eigenvalue weighted by Gasteiger charge is 2.43. The number of thiazole rings is 1. The van der Waals surface area contributed by atoms with E-state index in [1.54, 1.807) is 11.3 Å². The molecule has 4 rings (SSSR count). The maximum atomic E-state index is 13.3. The number of nitrogens with one attached hydrogen (secondary N) is 1. The molecule has 0 aliphatic heterocycles. The second kappa shape index (κ2) is 7.25. The third-order valence-corrected chi connectivity index (χ3v) is 6.77. The summed E-state index contributed by atoms with van der Waals surface area (Å²) in [6, 6.07) is 14.1. The molecule has 1 fully saturated rings. The number of nitrogens with zero attached hydrogens (tertiary/aromatic N) is 1. The lowest BCUT2D eigenvalue weighted by Gasteiger charge is -2.27. The van der Waals surface area contributed by atoms with Gasteiger partial charge in [0.1, 0.15) is 0 Å². The van der Waals surface area contributed by atoms with E-state index in [1.165, 1.54) is 5.56 Å². The lowest BCUT2D eigenvalue weighted by Crippen LogP contribution is -2.37. The fourth-order valence-electron chi connectivity index (χ4n) is 3.96. The van der Waals surface area contributed by atoms with Crippen molar-refractivity contribution in [1.82, 2.24) is 4.98 Å². The molecule has 27 heavy (non-hydrogen) atoms. The predicted octanol–water partition coefficient (Wildman–Crippen LogP) is 6.52. The van der Waals surface area contributed by atoms with Crippen LogP contribution in [0.5, 0.6) is 0 Å². The van der Waals surface area contributed by atoms with Crippen LogP contribution in [0.2, 0.25) is 5.02 Å². The first-order valence-electron chi connectivity index (χ1n) is 9.46. The number of anilines is 1. The Hall–Kier alpha value is -1.91. The Labute approximate surface area is 168 Å². The highest BCUT2D eigenvalue weighted by atomic mass is 35.5. The Morgan fingerprint density at radius 1 is 1.15 bits per heavy atom. The van der Waals surface area contributed by atoms with Crippen molar-refractivity contribution >= 4 is 44.2 Å². The van der Waals surface area contributed by atoms with Gasteiger partial charge in [0.2, 0.25) is 5.91 Å². The Morgan fingerprint density at radius 3 is 2.52 bits per heavy atom. The number of fused-ring (bicyclic) bond motifs is 1. The standard InChI is InChI=1S/C22H23ClN2OS/c1-14(2)15-5-10-18-19(13-15)27-21(24-18)25-20(26)22(11-3-4-12-22)16-6-8-17(23)9-7-16/h5-10,13-14H,3-4,11-12H2,1-2H3,(H,24,25,26). The Balaban J connectivity index is 1.63. The van der Waals surface area contributed by atoms with E-state index in [2.05, 4.69) is 36.3 Å². The van der Waals surface area contributed by atoms with Crippen LogP contribution in [0.3, 0.4) is 0 Å². The summed E-state index contributed by atoms with van der Waals surface area (Å²) < 4.78 is 1.11. The molecule has 0 unspecified atom stereocenters. The van der Waals surface area contributed by atoms with E-state index in [-0.39, 0.29) is 5.91 Å². The van der Waals surface area contributed by atoms with E-state index < -0.39 is 5.41 Å². The van der Waals surface area contributed by atoms with Gasteiger partial charge in [-0.15, -0.1) is 0 Å². The molecule has 3 nitrogen and oxygen atoms in total. The zero-order valence-electron chi connectivity index (χ0n) is 15.6. The second-order valence-corrected chi connectivity index (χ2v) is 9.12. The van der Waals surface area contributed by atoms with E-state index in [9.17, 15) is 4.79 Å². The largest absolute Gasteiger partial charge is 0.301 e. The molecule has 2 aromatic carbocycles. The average molecular weight is 399 g/mol. The molecule has 0 bridgehead atoms. The van der Waals surface area contributed by atoms with Crippen molar-refractivity contribution < 1.29 is 4.79 Å². The molecule has 0 radical (unpaired) electrons. The summed E-state index contributed by atoms with van der Waals surface area (Å²) in [5.41, 5.74) is 2.79. The van der Waals surface area contributed by atoms with Crippen molar-refractivity contribution in [3.63, 3.8) is 0 Å². The monoisotopic (exact) mass is 398 g/mol. The van der Waals surface area contributed by atoms with Crippen molar-refractivity contribution in [2.45, 2.75) is 50.9 Å². The number of benzene rings is 2. The molecule has 0 spiro atoms. The lowest BCUT2D eigenvalue weighted by atomic mass is 9.78. The first kappa shape index (κ1) is 18.5. The van der Waals surface area contributed by atoms with Gasteiger partial charge in [-0.1, -0.05) is 67.8 Å². The van der Waals surface area contributed by atoms with Gasteiger partial charge in [-0.05, 0) is 54.2 Å². The van der Waals surface area contributed by atoms with E-state index in [0.29, 0.717) is 16.1 Å². The summed E-state index contributed by atoms with van der Waals surface area (Å²) in [6.07, 6.45) is 3.85. The van der Waals surface area contributed by atoms with Gasteiger partial charge in [-0.3, -0.25) is 4.79 Å². The van der Waals surface area contributed by atoms with Crippen LogP contribution in [0.25, 0.3) is 10.2 Å². The van der Waals surface area contributed by atoms with Crippen LogP contribution in [-0.4, -0.2) is 10.9 Å². The van der Waals surface area contributed by atoms with Crippen molar-refractivity contribution in [3.05, 3.63) is 58.6 Å². The van der Waals surface area contributed by atoms with Gasteiger partial charge in [0.25, 0.3) is 0 Å². The number of amides is 1. The molecule has 1 aromatic heterocycles. The minimum atomic E-state index is -0.481. The molecule has 1 heterocycles. The normalized spacial score (nSPS) is 16.1. The quantitative estimate of drug-likeness (QED) is 0.543. The minimum Gasteiger partial charge on any atom is -0.301 e. The number of halogens is 1. The highest BCUT2D eigenvalue weighted by molar-refractivity contribution is 7.22. The summed E-state index contributed by atoms with van der Waals surface area (Å²) in [6.45, 7) is 4.36. The molecule has 0 saturated heterocycles. The highest BCUT2D eigenvalue weighted by Crippen LogP contribution is 2.43. The fraction of sp³-hybridized carbons (Fsp3) is 0.364. The number of rotatable bonds is 4. The zero-order valence-corrected chi connectivity index (χ0v) is 17.2. The first-order chi connectivity index (χ1) is 13.0. The van der Waals surface area contributed by atoms with Crippen LogP contribution in [0.4, 0.5) is 5.13 Å². The Morgan fingerprint density at radius 2 is 1.85 bits per heavy atom. The topological polar surface area (TPSA) is 42.0 Å². The first-order valence-corrected chi connectivity index (χ1v) is 10.7. The van der Waals surface area contributed by atoms with Gasteiger partial charge in [-0.2, -0.15) is 0 Å². The molecule has 3 aromatic rings. The maximum Gasteiger partial charge on any atom is 0.236 e. The molecule has 0 atom stereocenters. The van der Waals surface area contributed by atoms with E-state index in [0.717, 1.165) is 41.5 Å². The minimum absolute atomic E-state index is 0.0467. The van der Waals surface area contributed by atoms with Crippen molar-refractivity contribution in [3.8, 4) is 0 Å². The summed E-state index contributed by atoms with van der Waals surface area (Å²) in [7, 11) is 0. The Kier molecular flexibility index (Phi) is 4.95. The van der Waals surface area contributed by atoms with Gasteiger partial charge < -0.3 is 5.32 Å². The third kappa shape index (κ3) is 3.48. The third-order valence-electron chi connectivity index (χ3n) is 5.59. The lowest BCUT2D eigenvalue weighted by molar-refractivity contribution is -0.121. The van der Waals surface area contributed by atoms with Crippen molar-refractivity contribution in [1.29, 1.82) is 0 Å². The predicted molar refractivity (Wildman–Crippen MR) is 114 cm³/mol. The van der Waals surface area contributed by atoms with Crippen LogP contribution in [0, 0.1) is 0 Å². The van der Waals surface area contributed by atoms with Crippen LogP contribution in [-0.2, 0) is 10.2 Å². The molecule has 1 aliphatic rings. The number of hydrogen-bond donors (Lipinski definition) is 1. The van der Waals surface area contributed by atoms with Crippen LogP contribution < -0.4 is 5.32 Å². The molecule has 1 aliphatic carbocycles. The van der Waals surface area contributed by atoms with E-state index in [1.807, 2.05) is 30.3 Å². The van der Waals surface area contributed by atoms with Crippen molar-refractivity contribution in [2.75, 3.05) is 5.32 Å². The Bertz CT molecular complexity index is 972. The number of aromatic nitrogens is 1. The van der Waals surface area contributed by atoms with Crippen LogP contribution in [0.15, 0.2) is 42.5 Å². The second-order valence-electron chi connectivity index (χ2n) is 7.65. The maximum absolute atomic E-state index is 13.3. The molecule has 1 saturated carbocycles. The number of carbonyl (C=O) groups excluding carboxylic acids is 1. The molecular formula is C22H23ClN2OS. The van der Waals surface area contributed by atoms with Gasteiger partial charge in [0.05, 0.1) is 15.6 Å². The average Bonchev–Trinajstić information content (AvgIpc) is 3.28.